The van der Waals surface area contributed by atoms with Gasteiger partial charge in [0, 0.05) is 12.1 Å². The normalized spacial score (nSPS) is 16.9. The lowest BCUT2D eigenvalue weighted by Crippen LogP contribution is -2.32. The molecular formula is C16H24N2O3. The fraction of sp³-hybridized carbons (Fsp3) is 0.625. The number of aryl methyl sites for hydroxylation is 1. The molecule has 0 spiro atoms. The number of benzene rings is 1. The van der Waals surface area contributed by atoms with Gasteiger partial charge >= 0.3 is 5.69 Å². The minimum atomic E-state index is -0.380. The van der Waals surface area contributed by atoms with Crippen molar-refractivity contribution in [2.75, 3.05) is 14.2 Å². The van der Waals surface area contributed by atoms with Gasteiger partial charge in [-0.15, -0.1) is 0 Å². The maximum absolute atomic E-state index is 11.0. The maximum Gasteiger partial charge on any atom is 0.311 e. The maximum atomic E-state index is 11.0. The summed E-state index contributed by atoms with van der Waals surface area (Å²) in [6.07, 6.45) is 7.13. The highest BCUT2D eigenvalue weighted by Gasteiger charge is 2.23. The second kappa shape index (κ2) is 7.41. The number of ether oxygens (including phenoxy) is 1. The molecule has 2 rings (SSSR count). The number of hydrogen-bond donors (Lipinski definition) is 1. The average Bonchev–Trinajstić information content (AvgIpc) is 3.02. The van der Waals surface area contributed by atoms with Gasteiger partial charge < -0.3 is 10.1 Å². The van der Waals surface area contributed by atoms with Crippen molar-refractivity contribution in [2.24, 2.45) is 5.92 Å². The fourth-order valence-electron chi connectivity index (χ4n) is 3.33. The number of nitrogens with one attached hydrogen (secondary N) is 1. The molecule has 1 saturated carbocycles. The van der Waals surface area contributed by atoms with E-state index in [-0.39, 0.29) is 10.6 Å². The molecule has 116 valence electrons. The molecule has 1 aromatic carbocycles. The molecule has 1 atom stereocenters. The second-order valence-electron chi connectivity index (χ2n) is 5.74. The molecule has 1 fully saturated rings. The van der Waals surface area contributed by atoms with Crippen molar-refractivity contribution in [3.8, 4) is 5.75 Å². The van der Waals surface area contributed by atoms with Crippen molar-refractivity contribution in [3.05, 3.63) is 33.9 Å². The van der Waals surface area contributed by atoms with Crippen molar-refractivity contribution in [3.63, 3.8) is 0 Å². The van der Waals surface area contributed by atoms with Crippen molar-refractivity contribution in [1.29, 1.82) is 0 Å². The van der Waals surface area contributed by atoms with Crippen molar-refractivity contribution >= 4 is 5.69 Å². The number of nitro benzene ring substituents is 1. The zero-order valence-corrected chi connectivity index (χ0v) is 12.8. The van der Waals surface area contributed by atoms with Crippen LogP contribution in [0.4, 0.5) is 5.69 Å². The smallest absolute Gasteiger partial charge is 0.311 e. The van der Waals surface area contributed by atoms with Crippen molar-refractivity contribution < 1.29 is 9.66 Å². The summed E-state index contributed by atoms with van der Waals surface area (Å²) in [7, 11) is 3.47. The molecule has 0 saturated heterocycles. The minimum Gasteiger partial charge on any atom is -0.490 e. The van der Waals surface area contributed by atoms with Gasteiger partial charge in [-0.2, -0.15) is 0 Å². The van der Waals surface area contributed by atoms with E-state index in [2.05, 4.69) is 5.32 Å². The van der Waals surface area contributed by atoms with E-state index in [0.717, 1.165) is 24.3 Å². The van der Waals surface area contributed by atoms with Gasteiger partial charge in [-0.25, -0.2) is 0 Å². The Bertz CT molecular complexity index is 484. The molecule has 1 N–H and O–H groups in total. The van der Waals surface area contributed by atoms with E-state index in [9.17, 15) is 10.1 Å². The summed E-state index contributed by atoms with van der Waals surface area (Å²) in [4.78, 5) is 10.7. The lowest BCUT2D eigenvalue weighted by Gasteiger charge is -2.22. The van der Waals surface area contributed by atoms with Crippen LogP contribution in [0.25, 0.3) is 0 Å². The Morgan fingerprint density at radius 2 is 2.14 bits per heavy atom. The summed E-state index contributed by atoms with van der Waals surface area (Å²) in [5.41, 5.74) is 1.05. The number of nitro groups is 1. The number of hydrogen-bond acceptors (Lipinski definition) is 4. The van der Waals surface area contributed by atoms with Gasteiger partial charge in [0.05, 0.1) is 12.0 Å². The van der Waals surface area contributed by atoms with Crippen LogP contribution in [-0.4, -0.2) is 25.1 Å². The second-order valence-corrected chi connectivity index (χ2v) is 5.74. The highest BCUT2D eigenvalue weighted by atomic mass is 16.6. The largest absolute Gasteiger partial charge is 0.490 e. The fourth-order valence-corrected chi connectivity index (χ4v) is 3.33. The first-order valence-electron chi connectivity index (χ1n) is 7.64. The van der Waals surface area contributed by atoms with Crippen LogP contribution < -0.4 is 10.1 Å². The van der Waals surface area contributed by atoms with Gasteiger partial charge in [0.1, 0.15) is 0 Å². The Balaban J connectivity index is 2.01. The molecule has 0 bridgehead atoms. The van der Waals surface area contributed by atoms with E-state index < -0.39 is 0 Å². The van der Waals surface area contributed by atoms with Crippen LogP contribution in [0.1, 0.15) is 37.7 Å². The molecule has 1 aliphatic carbocycles. The number of rotatable bonds is 7. The zero-order chi connectivity index (χ0) is 15.2. The molecule has 5 nitrogen and oxygen atoms in total. The Morgan fingerprint density at radius 3 is 2.71 bits per heavy atom. The summed E-state index contributed by atoms with van der Waals surface area (Å²) < 4.78 is 5.04. The molecule has 0 heterocycles. The van der Waals surface area contributed by atoms with Crippen molar-refractivity contribution in [2.45, 2.75) is 44.6 Å². The first-order valence-corrected chi connectivity index (χ1v) is 7.64. The summed E-state index contributed by atoms with van der Waals surface area (Å²) >= 11 is 0. The third-order valence-electron chi connectivity index (χ3n) is 4.52. The van der Waals surface area contributed by atoms with E-state index in [1.807, 2.05) is 13.1 Å². The Kier molecular flexibility index (Phi) is 5.56. The molecule has 0 aliphatic heterocycles. The summed E-state index contributed by atoms with van der Waals surface area (Å²) in [5, 5.41) is 14.5. The molecular weight excluding hydrogens is 268 g/mol. The zero-order valence-electron chi connectivity index (χ0n) is 12.8. The average molecular weight is 292 g/mol. The molecule has 0 amide bonds. The summed E-state index contributed by atoms with van der Waals surface area (Å²) in [6, 6.07) is 5.76. The highest BCUT2D eigenvalue weighted by molar-refractivity contribution is 5.48. The van der Waals surface area contributed by atoms with Crippen LogP contribution in [0.3, 0.4) is 0 Å². The standard InChI is InChI=1S/C16H24N2O3/c1-17-14(13-5-3-4-6-13)9-7-12-8-10-16(21-2)15(11-12)18(19)20/h8,10-11,13-14,17H,3-7,9H2,1-2H3. The lowest BCUT2D eigenvalue weighted by atomic mass is 9.92. The van der Waals surface area contributed by atoms with Gasteiger partial charge in [0.25, 0.3) is 0 Å². The van der Waals surface area contributed by atoms with Gasteiger partial charge in [-0.1, -0.05) is 18.9 Å². The van der Waals surface area contributed by atoms with Crippen LogP contribution >= 0.6 is 0 Å². The van der Waals surface area contributed by atoms with Crippen LogP contribution in [-0.2, 0) is 6.42 Å². The van der Waals surface area contributed by atoms with Gasteiger partial charge in [0.15, 0.2) is 5.75 Å². The number of nitrogens with zero attached hydrogens (tertiary/aromatic N) is 1. The Morgan fingerprint density at radius 1 is 1.43 bits per heavy atom. The SMILES string of the molecule is CNC(CCc1ccc(OC)c([N+](=O)[O-])c1)C1CCCC1. The third-order valence-corrected chi connectivity index (χ3v) is 4.52. The summed E-state index contributed by atoms with van der Waals surface area (Å²) in [5.74, 6) is 1.08. The molecule has 0 aromatic heterocycles. The first kappa shape index (κ1) is 15.8. The van der Waals surface area contributed by atoms with Crippen LogP contribution in [0.15, 0.2) is 18.2 Å². The minimum absolute atomic E-state index is 0.0527. The van der Waals surface area contributed by atoms with Crippen LogP contribution in [0.5, 0.6) is 5.75 Å². The van der Waals surface area contributed by atoms with Gasteiger partial charge in [-0.3, -0.25) is 10.1 Å². The Hall–Kier alpha value is -1.62. The lowest BCUT2D eigenvalue weighted by molar-refractivity contribution is -0.385. The number of methoxy groups -OCH3 is 1. The molecule has 21 heavy (non-hydrogen) atoms. The van der Waals surface area contributed by atoms with Gasteiger partial charge in [-0.05, 0) is 50.3 Å². The van der Waals surface area contributed by atoms with E-state index in [0.29, 0.717) is 11.8 Å². The predicted octanol–water partition coefficient (Wildman–Crippen LogP) is 3.31. The molecule has 0 radical (unpaired) electrons. The van der Waals surface area contributed by atoms with Crippen LogP contribution in [0, 0.1) is 16.0 Å². The molecule has 1 aromatic rings. The van der Waals surface area contributed by atoms with Crippen LogP contribution in [0.2, 0.25) is 0 Å². The van der Waals surface area contributed by atoms with Gasteiger partial charge in [0.2, 0.25) is 0 Å². The summed E-state index contributed by atoms with van der Waals surface area (Å²) in [6.45, 7) is 0. The monoisotopic (exact) mass is 292 g/mol. The topological polar surface area (TPSA) is 64.4 Å². The molecule has 1 aliphatic rings. The molecule has 1 unspecified atom stereocenters. The first-order chi connectivity index (χ1) is 10.2. The van der Waals surface area contributed by atoms with Crippen molar-refractivity contribution in [1.82, 2.24) is 5.32 Å². The predicted molar refractivity (Wildman–Crippen MR) is 82.8 cm³/mol. The van der Waals surface area contributed by atoms with E-state index in [4.69, 9.17) is 4.74 Å². The highest BCUT2D eigenvalue weighted by Crippen LogP contribution is 2.31. The third kappa shape index (κ3) is 3.94. The van der Waals surface area contributed by atoms with E-state index >= 15 is 0 Å². The van der Waals surface area contributed by atoms with E-state index in [1.165, 1.54) is 32.8 Å². The molecule has 5 heteroatoms. The Labute approximate surface area is 125 Å². The quantitative estimate of drug-likeness (QED) is 0.618. The van der Waals surface area contributed by atoms with E-state index in [1.54, 1.807) is 12.1 Å².